The Bertz CT molecular complexity index is 405. The molecule has 0 atom stereocenters. The molecular weight excluding hydrogens is 252 g/mol. The molecule has 6 nitrogen and oxygen atoms in total. The van der Waals surface area contributed by atoms with Gasteiger partial charge in [0.15, 0.2) is 0 Å². The first-order chi connectivity index (χ1) is 8.33. The van der Waals surface area contributed by atoms with Gasteiger partial charge in [0.2, 0.25) is 0 Å². The Labute approximate surface area is 110 Å². The second-order valence-electron chi connectivity index (χ2n) is 4.96. The zero-order chi connectivity index (χ0) is 13.8. The fourth-order valence-corrected chi connectivity index (χ4v) is 3.17. The maximum Gasteiger partial charge on any atom is 0.279 e. The van der Waals surface area contributed by atoms with Crippen LogP contribution in [0.15, 0.2) is 0 Å². The molecule has 0 saturated carbocycles. The summed E-state index contributed by atoms with van der Waals surface area (Å²) in [5.41, 5.74) is -0.535. The van der Waals surface area contributed by atoms with E-state index in [0.29, 0.717) is 32.7 Å². The normalized spacial score (nSPS) is 19.7. The standard InChI is InChI=1S/C11H22N4O2S/c1-4-5-13-18(16,17)15-8-6-14(7-9-15)11(2,3)10-12/h13H,4-9H2,1-3H3. The van der Waals surface area contributed by atoms with Crippen LogP contribution in [0.2, 0.25) is 0 Å². The molecular formula is C11H22N4O2S. The van der Waals surface area contributed by atoms with Gasteiger partial charge in [0.05, 0.1) is 6.07 Å². The predicted molar refractivity (Wildman–Crippen MR) is 70.1 cm³/mol. The molecule has 0 spiro atoms. The molecule has 0 aliphatic carbocycles. The second kappa shape index (κ2) is 5.97. The minimum Gasteiger partial charge on any atom is -0.283 e. The Kier molecular flexibility index (Phi) is 5.10. The van der Waals surface area contributed by atoms with Crippen molar-refractivity contribution in [1.29, 1.82) is 5.26 Å². The molecule has 0 aromatic carbocycles. The van der Waals surface area contributed by atoms with Crippen LogP contribution in [-0.4, -0.2) is 55.9 Å². The Morgan fingerprint density at radius 3 is 2.28 bits per heavy atom. The minimum atomic E-state index is -3.35. The summed E-state index contributed by atoms with van der Waals surface area (Å²) in [5, 5.41) is 9.05. The number of piperazine rings is 1. The number of rotatable bonds is 5. The van der Waals surface area contributed by atoms with Crippen LogP contribution in [0.3, 0.4) is 0 Å². The molecule has 0 amide bonds. The lowest BCUT2D eigenvalue weighted by Crippen LogP contribution is -2.56. The summed E-state index contributed by atoms with van der Waals surface area (Å²) in [6.45, 7) is 8.15. The highest BCUT2D eigenvalue weighted by Gasteiger charge is 2.33. The third-order valence-electron chi connectivity index (χ3n) is 3.18. The van der Waals surface area contributed by atoms with Crippen LogP contribution in [0.25, 0.3) is 0 Å². The number of hydrogen-bond acceptors (Lipinski definition) is 4. The van der Waals surface area contributed by atoms with Gasteiger partial charge in [0.25, 0.3) is 10.2 Å². The lowest BCUT2D eigenvalue weighted by Gasteiger charge is -2.39. The van der Waals surface area contributed by atoms with Crippen LogP contribution < -0.4 is 4.72 Å². The highest BCUT2D eigenvalue weighted by molar-refractivity contribution is 7.87. The topological polar surface area (TPSA) is 76.4 Å². The SMILES string of the molecule is CCCNS(=O)(=O)N1CCN(C(C)(C)C#N)CC1. The van der Waals surface area contributed by atoms with Gasteiger partial charge < -0.3 is 0 Å². The van der Waals surface area contributed by atoms with Gasteiger partial charge >= 0.3 is 0 Å². The van der Waals surface area contributed by atoms with Crippen molar-refractivity contribution in [1.82, 2.24) is 13.9 Å². The van der Waals surface area contributed by atoms with E-state index in [1.165, 1.54) is 4.31 Å². The summed E-state index contributed by atoms with van der Waals surface area (Å²) in [6.07, 6.45) is 0.778. The van der Waals surface area contributed by atoms with Crippen LogP contribution in [0, 0.1) is 11.3 Å². The van der Waals surface area contributed by atoms with Gasteiger partial charge in [-0.25, -0.2) is 4.72 Å². The maximum atomic E-state index is 11.9. The van der Waals surface area contributed by atoms with Crippen molar-refractivity contribution >= 4 is 10.2 Å². The van der Waals surface area contributed by atoms with E-state index in [4.69, 9.17) is 5.26 Å². The monoisotopic (exact) mass is 274 g/mol. The number of hydrogen-bond donors (Lipinski definition) is 1. The third-order valence-corrected chi connectivity index (χ3v) is 4.79. The summed E-state index contributed by atoms with van der Waals surface area (Å²) in [6, 6.07) is 2.24. The zero-order valence-electron chi connectivity index (χ0n) is 11.3. The van der Waals surface area contributed by atoms with Crippen molar-refractivity contribution in [3.8, 4) is 6.07 Å². The molecule has 1 saturated heterocycles. The summed E-state index contributed by atoms with van der Waals surface area (Å²) < 4.78 is 27.8. The molecule has 1 fully saturated rings. The first kappa shape index (κ1) is 15.4. The van der Waals surface area contributed by atoms with Crippen LogP contribution in [0.1, 0.15) is 27.2 Å². The number of nitrogens with zero attached hydrogens (tertiary/aromatic N) is 3. The molecule has 1 heterocycles. The average Bonchev–Trinajstić information content (AvgIpc) is 2.36. The van der Waals surface area contributed by atoms with E-state index >= 15 is 0 Å². The number of nitrogens with one attached hydrogen (secondary N) is 1. The van der Waals surface area contributed by atoms with Gasteiger partial charge in [-0.2, -0.15) is 18.0 Å². The Morgan fingerprint density at radius 2 is 1.83 bits per heavy atom. The van der Waals surface area contributed by atoms with Crippen molar-refractivity contribution in [3.63, 3.8) is 0 Å². The highest BCUT2D eigenvalue weighted by Crippen LogP contribution is 2.16. The molecule has 1 N–H and O–H groups in total. The van der Waals surface area contributed by atoms with E-state index in [9.17, 15) is 8.42 Å². The first-order valence-electron chi connectivity index (χ1n) is 6.24. The predicted octanol–water partition coefficient (Wildman–Crippen LogP) is 0.151. The van der Waals surface area contributed by atoms with Gasteiger partial charge in [-0.05, 0) is 20.3 Å². The fraction of sp³-hybridized carbons (Fsp3) is 0.909. The van der Waals surface area contributed by atoms with Crippen LogP contribution in [0.4, 0.5) is 0 Å². The lowest BCUT2D eigenvalue weighted by atomic mass is 10.0. The van der Waals surface area contributed by atoms with Crippen molar-refractivity contribution < 1.29 is 8.42 Å². The van der Waals surface area contributed by atoms with Crippen molar-refractivity contribution in [2.24, 2.45) is 0 Å². The van der Waals surface area contributed by atoms with E-state index in [-0.39, 0.29) is 0 Å². The van der Waals surface area contributed by atoms with E-state index in [2.05, 4.69) is 10.8 Å². The molecule has 0 bridgehead atoms. The first-order valence-corrected chi connectivity index (χ1v) is 7.68. The smallest absolute Gasteiger partial charge is 0.279 e. The van der Waals surface area contributed by atoms with Crippen LogP contribution in [0.5, 0.6) is 0 Å². The van der Waals surface area contributed by atoms with Gasteiger partial charge in [-0.3, -0.25) is 4.90 Å². The Balaban J connectivity index is 2.57. The van der Waals surface area contributed by atoms with E-state index in [1.807, 2.05) is 25.7 Å². The zero-order valence-corrected chi connectivity index (χ0v) is 12.1. The van der Waals surface area contributed by atoms with Crippen molar-refractivity contribution in [3.05, 3.63) is 0 Å². The molecule has 0 radical (unpaired) electrons. The Hall–Kier alpha value is -0.680. The molecule has 1 aliphatic rings. The molecule has 0 unspecified atom stereocenters. The van der Waals surface area contributed by atoms with E-state index in [0.717, 1.165) is 6.42 Å². The largest absolute Gasteiger partial charge is 0.283 e. The van der Waals surface area contributed by atoms with Gasteiger partial charge in [0.1, 0.15) is 5.54 Å². The van der Waals surface area contributed by atoms with Crippen molar-refractivity contribution in [2.45, 2.75) is 32.7 Å². The maximum absolute atomic E-state index is 11.9. The van der Waals surface area contributed by atoms with E-state index < -0.39 is 15.7 Å². The van der Waals surface area contributed by atoms with E-state index in [1.54, 1.807) is 0 Å². The summed E-state index contributed by atoms with van der Waals surface area (Å²) in [5.74, 6) is 0. The highest BCUT2D eigenvalue weighted by atomic mass is 32.2. The third kappa shape index (κ3) is 3.65. The molecule has 1 rings (SSSR count). The molecule has 7 heteroatoms. The summed E-state index contributed by atoms with van der Waals surface area (Å²) >= 11 is 0. The average molecular weight is 274 g/mol. The molecule has 0 aromatic rings. The quantitative estimate of drug-likeness (QED) is 0.774. The van der Waals surface area contributed by atoms with Gasteiger partial charge in [0, 0.05) is 32.7 Å². The number of nitriles is 1. The molecule has 18 heavy (non-hydrogen) atoms. The van der Waals surface area contributed by atoms with Crippen LogP contribution in [-0.2, 0) is 10.2 Å². The Morgan fingerprint density at radius 1 is 1.28 bits per heavy atom. The van der Waals surface area contributed by atoms with Gasteiger partial charge in [-0.1, -0.05) is 6.92 Å². The van der Waals surface area contributed by atoms with Gasteiger partial charge in [-0.15, -0.1) is 0 Å². The minimum absolute atomic E-state index is 0.435. The fourth-order valence-electron chi connectivity index (χ4n) is 1.88. The molecule has 0 aromatic heterocycles. The summed E-state index contributed by atoms with van der Waals surface area (Å²) in [4.78, 5) is 2.01. The molecule has 104 valence electrons. The summed E-state index contributed by atoms with van der Waals surface area (Å²) in [7, 11) is -3.35. The second-order valence-corrected chi connectivity index (χ2v) is 6.71. The molecule has 1 aliphatic heterocycles. The van der Waals surface area contributed by atoms with Crippen LogP contribution >= 0.6 is 0 Å². The van der Waals surface area contributed by atoms with Crippen molar-refractivity contribution in [2.75, 3.05) is 32.7 Å². The lowest BCUT2D eigenvalue weighted by molar-refractivity contribution is 0.115.